The number of aliphatic hydroxyl groups excluding tert-OH is 1. The molecule has 1 fully saturated rings. The Balaban J connectivity index is 2.29. The van der Waals surface area contributed by atoms with Gasteiger partial charge in [0.15, 0.2) is 12.1 Å². The molecular formula is C13H17BrO4. The summed E-state index contributed by atoms with van der Waals surface area (Å²) in [7, 11) is 3.14. The van der Waals surface area contributed by atoms with E-state index in [2.05, 4.69) is 15.9 Å². The summed E-state index contributed by atoms with van der Waals surface area (Å²) in [6, 6.07) is 7.55. The molecule has 0 amide bonds. The number of hydrogen-bond donors (Lipinski definition) is 2. The first-order valence-corrected chi connectivity index (χ1v) is 6.50. The normalized spacial score (nSPS) is 20.8. The van der Waals surface area contributed by atoms with Crippen LogP contribution in [0.25, 0.3) is 0 Å². The fraction of sp³-hybridized carbons (Fsp3) is 0.538. The van der Waals surface area contributed by atoms with Crippen LogP contribution in [-0.2, 0) is 14.9 Å². The highest BCUT2D eigenvalue weighted by molar-refractivity contribution is 9.10. The molecule has 1 aromatic rings. The van der Waals surface area contributed by atoms with Gasteiger partial charge in [0, 0.05) is 31.5 Å². The minimum Gasteiger partial charge on any atom is -0.367 e. The third-order valence-electron chi connectivity index (χ3n) is 3.83. The lowest BCUT2D eigenvalue weighted by atomic mass is 9.60. The summed E-state index contributed by atoms with van der Waals surface area (Å²) in [6.45, 7) is 0. The van der Waals surface area contributed by atoms with Gasteiger partial charge in [-0.15, -0.1) is 0 Å². The molecule has 0 saturated heterocycles. The number of methoxy groups -OCH3 is 2. The summed E-state index contributed by atoms with van der Waals surface area (Å²) in [6.07, 6.45) is -0.587. The van der Waals surface area contributed by atoms with E-state index in [0.717, 1.165) is 10.0 Å². The quantitative estimate of drug-likeness (QED) is 0.831. The maximum atomic E-state index is 9.70. The molecule has 18 heavy (non-hydrogen) atoms. The van der Waals surface area contributed by atoms with Crippen LogP contribution in [0.3, 0.4) is 0 Å². The van der Waals surface area contributed by atoms with Crippen molar-refractivity contribution in [1.29, 1.82) is 0 Å². The minimum atomic E-state index is -1.43. The Kier molecular flexibility index (Phi) is 3.80. The van der Waals surface area contributed by atoms with E-state index in [1.54, 1.807) is 14.2 Å². The topological polar surface area (TPSA) is 58.9 Å². The predicted octanol–water partition coefficient (Wildman–Crippen LogP) is 1.78. The van der Waals surface area contributed by atoms with Crippen molar-refractivity contribution in [2.24, 2.45) is 0 Å². The smallest absolute Gasteiger partial charge is 0.169 e. The molecule has 0 spiro atoms. The Hall–Kier alpha value is -0.460. The van der Waals surface area contributed by atoms with E-state index in [4.69, 9.17) is 9.47 Å². The fourth-order valence-corrected chi connectivity index (χ4v) is 2.86. The molecule has 0 bridgehead atoms. The summed E-state index contributed by atoms with van der Waals surface area (Å²) < 4.78 is 11.6. The average Bonchev–Trinajstić information content (AvgIpc) is 2.31. The molecule has 1 saturated carbocycles. The van der Waals surface area contributed by atoms with Crippen molar-refractivity contribution in [3.63, 3.8) is 0 Å². The summed E-state index contributed by atoms with van der Waals surface area (Å²) in [4.78, 5) is 0. The van der Waals surface area contributed by atoms with Crippen LogP contribution in [0, 0.1) is 0 Å². The van der Waals surface area contributed by atoms with Crippen LogP contribution in [0.5, 0.6) is 0 Å². The summed E-state index contributed by atoms with van der Waals surface area (Å²) in [5, 5.41) is 19.4. The molecule has 0 aromatic heterocycles. The number of ether oxygens (including phenoxy) is 2. The van der Waals surface area contributed by atoms with E-state index >= 15 is 0 Å². The van der Waals surface area contributed by atoms with Gasteiger partial charge >= 0.3 is 0 Å². The number of rotatable bonds is 4. The molecule has 1 aromatic carbocycles. The van der Waals surface area contributed by atoms with Gasteiger partial charge < -0.3 is 19.7 Å². The molecule has 0 heterocycles. The molecule has 0 radical (unpaired) electrons. The average molecular weight is 317 g/mol. The summed E-state index contributed by atoms with van der Waals surface area (Å²) in [5.74, 6) is -0.712. The Morgan fingerprint density at radius 1 is 1.11 bits per heavy atom. The van der Waals surface area contributed by atoms with Crippen LogP contribution in [0.15, 0.2) is 28.7 Å². The van der Waals surface area contributed by atoms with E-state index in [-0.39, 0.29) is 0 Å². The Labute approximate surface area is 115 Å². The van der Waals surface area contributed by atoms with E-state index in [1.807, 2.05) is 24.3 Å². The second-order valence-electron chi connectivity index (χ2n) is 4.71. The zero-order valence-corrected chi connectivity index (χ0v) is 12.0. The first kappa shape index (κ1) is 14.0. The van der Waals surface area contributed by atoms with Crippen molar-refractivity contribution in [2.75, 3.05) is 14.2 Å². The lowest BCUT2D eigenvalue weighted by Gasteiger charge is -2.55. The van der Waals surface area contributed by atoms with Gasteiger partial charge in [-0.1, -0.05) is 28.1 Å². The van der Waals surface area contributed by atoms with Crippen molar-refractivity contribution in [3.05, 3.63) is 34.3 Å². The summed E-state index contributed by atoms with van der Waals surface area (Å²) >= 11 is 3.36. The zero-order valence-electron chi connectivity index (χ0n) is 10.4. The Morgan fingerprint density at radius 2 is 1.61 bits per heavy atom. The molecule has 1 aliphatic rings. The van der Waals surface area contributed by atoms with Crippen molar-refractivity contribution in [1.82, 2.24) is 0 Å². The molecular weight excluding hydrogens is 300 g/mol. The second-order valence-corrected chi connectivity index (χ2v) is 5.62. The fourth-order valence-electron chi connectivity index (χ4n) is 2.60. The standard InChI is InChI=1S/C13H17BrO4/c1-17-13(18-2)7-12(8-13,11(15)16)9-3-5-10(14)6-4-9/h3-6,11,15-16H,7-8H2,1-2H3. The van der Waals surface area contributed by atoms with Crippen LogP contribution in [0.2, 0.25) is 0 Å². The van der Waals surface area contributed by atoms with E-state index in [0.29, 0.717) is 12.8 Å². The van der Waals surface area contributed by atoms with Gasteiger partial charge in [0.2, 0.25) is 0 Å². The SMILES string of the molecule is COC1(OC)CC(c2ccc(Br)cc2)(C(O)O)C1. The Morgan fingerprint density at radius 3 is 2.00 bits per heavy atom. The molecule has 0 unspecified atom stereocenters. The zero-order chi connectivity index (χ0) is 13.4. The highest BCUT2D eigenvalue weighted by Gasteiger charge is 2.60. The van der Waals surface area contributed by atoms with E-state index < -0.39 is 17.5 Å². The lowest BCUT2D eigenvalue weighted by Crippen LogP contribution is -2.62. The van der Waals surface area contributed by atoms with Gasteiger partial charge in [-0.2, -0.15) is 0 Å². The number of aliphatic hydroxyl groups is 2. The largest absolute Gasteiger partial charge is 0.367 e. The minimum absolute atomic E-state index is 0.423. The van der Waals surface area contributed by atoms with Crippen LogP contribution in [0.4, 0.5) is 0 Å². The number of benzene rings is 1. The van der Waals surface area contributed by atoms with Gasteiger partial charge in [0.05, 0.1) is 5.41 Å². The maximum Gasteiger partial charge on any atom is 0.169 e. The first-order valence-electron chi connectivity index (χ1n) is 5.70. The molecule has 2 rings (SSSR count). The molecule has 2 N–H and O–H groups in total. The number of halogens is 1. The lowest BCUT2D eigenvalue weighted by molar-refractivity contribution is -0.309. The third-order valence-corrected chi connectivity index (χ3v) is 4.36. The molecule has 4 nitrogen and oxygen atoms in total. The van der Waals surface area contributed by atoms with Crippen LogP contribution in [-0.4, -0.2) is 36.5 Å². The Bertz CT molecular complexity index is 404. The van der Waals surface area contributed by atoms with Gasteiger partial charge in [0.25, 0.3) is 0 Å². The highest BCUT2D eigenvalue weighted by Crippen LogP contribution is 2.54. The number of hydrogen-bond acceptors (Lipinski definition) is 4. The third kappa shape index (κ3) is 2.10. The van der Waals surface area contributed by atoms with Gasteiger partial charge in [-0.05, 0) is 17.7 Å². The van der Waals surface area contributed by atoms with Crippen LogP contribution >= 0.6 is 15.9 Å². The summed E-state index contributed by atoms with van der Waals surface area (Å²) in [5.41, 5.74) is 0.164. The van der Waals surface area contributed by atoms with Gasteiger partial charge in [-0.3, -0.25) is 0 Å². The monoisotopic (exact) mass is 316 g/mol. The highest BCUT2D eigenvalue weighted by atomic mass is 79.9. The second kappa shape index (κ2) is 4.90. The van der Waals surface area contributed by atoms with Crippen LogP contribution in [0.1, 0.15) is 18.4 Å². The van der Waals surface area contributed by atoms with Crippen molar-refractivity contribution < 1.29 is 19.7 Å². The molecule has 1 aliphatic carbocycles. The van der Waals surface area contributed by atoms with Crippen molar-refractivity contribution in [3.8, 4) is 0 Å². The molecule has 100 valence electrons. The molecule has 0 aliphatic heterocycles. The van der Waals surface area contributed by atoms with Gasteiger partial charge in [0.1, 0.15) is 0 Å². The van der Waals surface area contributed by atoms with Gasteiger partial charge in [-0.25, -0.2) is 0 Å². The van der Waals surface area contributed by atoms with Crippen molar-refractivity contribution >= 4 is 15.9 Å². The molecule has 5 heteroatoms. The van der Waals surface area contributed by atoms with E-state index in [1.165, 1.54) is 0 Å². The first-order chi connectivity index (χ1) is 8.48. The van der Waals surface area contributed by atoms with E-state index in [9.17, 15) is 10.2 Å². The van der Waals surface area contributed by atoms with Crippen LogP contribution < -0.4 is 0 Å². The molecule has 0 atom stereocenters. The van der Waals surface area contributed by atoms with Crippen molar-refractivity contribution in [2.45, 2.75) is 30.3 Å². The maximum absolute atomic E-state index is 9.70. The predicted molar refractivity (Wildman–Crippen MR) is 70.0 cm³/mol.